The van der Waals surface area contributed by atoms with Gasteiger partial charge in [-0.15, -0.1) is 0 Å². The second-order valence-electron chi connectivity index (χ2n) is 4.03. The minimum atomic E-state index is -0.449. The Morgan fingerprint density at radius 1 is 1.42 bits per heavy atom. The van der Waals surface area contributed by atoms with E-state index >= 15 is 0 Å². The van der Waals surface area contributed by atoms with Crippen molar-refractivity contribution in [1.82, 2.24) is 4.90 Å². The number of nitrogens with zero attached hydrogens (tertiary/aromatic N) is 1. The molecular weight excluding hydrogens is 312 g/mol. The summed E-state index contributed by atoms with van der Waals surface area (Å²) >= 11 is 3.30. The van der Waals surface area contributed by atoms with Crippen LogP contribution in [0.5, 0.6) is 0 Å². The second-order valence-corrected chi connectivity index (χ2v) is 4.95. The summed E-state index contributed by atoms with van der Waals surface area (Å²) in [5, 5.41) is 0. The van der Waals surface area contributed by atoms with E-state index in [9.17, 15) is 9.59 Å². The van der Waals surface area contributed by atoms with E-state index in [0.717, 1.165) is 10.9 Å². The molecule has 0 saturated carbocycles. The lowest BCUT2D eigenvalue weighted by Crippen LogP contribution is -2.37. The normalized spacial score (nSPS) is 10.1. The van der Waals surface area contributed by atoms with Gasteiger partial charge in [-0.25, -0.2) is 0 Å². The Morgan fingerprint density at radius 2 is 2.11 bits per heavy atom. The SMILES string of the molecule is CCCN(CC(=O)OC)C(=O)c1cc(Br)ccc1N. The highest BCUT2D eigenvalue weighted by Crippen LogP contribution is 2.20. The molecule has 0 unspecified atom stereocenters. The zero-order valence-electron chi connectivity index (χ0n) is 11.0. The van der Waals surface area contributed by atoms with Gasteiger partial charge in [0.1, 0.15) is 6.54 Å². The fraction of sp³-hybridized carbons (Fsp3) is 0.385. The Hall–Kier alpha value is -1.56. The van der Waals surface area contributed by atoms with E-state index < -0.39 is 5.97 Å². The highest BCUT2D eigenvalue weighted by molar-refractivity contribution is 9.10. The van der Waals surface area contributed by atoms with Crippen molar-refractivity contribution in [2.24, 2.45) is 0 Å². The number of carbonyl (C=O) groups excluding carboxylic acids is 2. The molecule has 0 heterocycles. The number of carbonyl (C=O) groups is 2. The number of anilines is 1. The Morgan fingerprint density at radius 3 is 2.68 bits per heavy atom. The van der Waals surface area contributed by atoms with Gasteiger partial charge >= 0.3 is 5.97 Å². The van der Waals surface area contributed by atoms with Crippen molar-refractivity contribution in [3.8, 4) is 0 Å². The maximum Gasteiger partial charge on any atom is 0.325 e. The third-order valence-electron chi connectivity index (χ3n) is 2.57. The fourth-order valence-electron chi connectivity index (χ4n) is 1.63. The van der Waals surface area contributed by atoms with Gasteiger partial charge in [-0.1, -0.05) is 22.9 Å². The van der Waals surface area contributed by atoms with Gasteiger partial charge in [0.2, 0.25) is 0 Å². The molecule has 1 aromatic rings. The Labute approximate surface area is 120 Å². The van der Waals surface area contributed by atoms with Crippen LogP contribution in [0.4, 0.5) is 5.69 Å². The van der Waals surface area contributed by atoms with Crippen molar-refractivity contribution in [3.63, 3.8) is 0 Å². The number of methoxy groups -OCH3 is 1. The molecule has 0 saturated heterocycles. The molecule has 0 aliphatic heterocycles. The summed E-state index contributed by atoms with van der Waals surface area (Å²) in [5.41, 5.74) is 6.57. The molecule has 5 nitrogen and oxygen atoms in total. The van der Waals surface area contributed by atoms with Gasteiger partial charge in [-0.3, -0.25) is 9.59 Å². The molecule has 0 aromatic heterocycles. The molecule has 0 radical (unpaired) electrons. The minimum Gasteiger partial charge on any atom is -0.468 e. The number of benzene rings is 1. The van der Waals surface area contributed by atoms with E-state index in [2.05, 4.69) is 20.7 Å². The van der Waals surface area contributed by atoms with Crippen molar-refractivity contribution >= 4 is 33.5 Å². The number of rotatable bonds is 5. The van der Waals surface area contributed by atoms with Crippen molar-refractivity contribution in [2.45, 2.75) is 13.3 Å². The second kappa shape index (κ2) is 7.13. The van der Waals surface area contributed by atoms with Crippen molar-refractivity contribution < 1.29 is 14.3 Å². The molecule has 1 amide bonds. The first-order chi connectivity index (χ1) is 8.99. The largest absolute Gasteiger partial charge is 0.468 e. The van der Waals surface area contributed by atoms with Crippen LogP contribution in [0, 0.1) is 0 Å². The van der Waals surface area contributed by atoms with E-state index in [-0.39, 0.29) is 12.5 Å². The number of halogens is 1. The zero-order chi connectivity index (χ0) is 14.4. The van der Waals surface area contributed by atoms with Crippen LogP contribution in [0.15, 0.2) is 22.7 Å². The zero-order valence-corrected chi connectivity index (χ0v) is 12.6. The lowest BCUT2D eigenvalue weighted by Gasteiger charge is -2.21. The van der Waals surface area contributed by atoms with Crippen LogP contribution in [0.1, 0.15) is 23.7 Å². The molecule has 1 rings (SSSR count). The first-order valence-electron chi connectivity index (χ1n) is 5.90. The summed E-state index contributed by atoms with van der Waals surface area (Å²) in [6, 6.07) is 5.06. The molecule has 6 heteroatoms. The van der Waals surface area contributed by atoms with Gasteiger partial charge in [0.25, 0.3) is 5.91 Å². The smallest absolute Gasteiger partial charge is 0.325 e. The topological polar surface area (TPSA) is 72.6 Å². The van der Waals surface area contributed by atoms with E-state index in [1.54, 1.807) is 18.2 Å². The van der Waals surface area contributed by atoms with Gasteiger partial charge in [-0.2, -0.15) is 0 Å². The number of hydrogen-bond donors (Lipinski definition) is 1. The van der Waals surface area contributed by atoms with Crippen LogP contribution in [-0.2, 0) is 9.53 Å². The third kappa shape index (κ3) is 4.24. The van der Waals surface area contributed by atoms with Gasteiger partial charge in [0.15, 0.2) is 0 Å². The first-order valence-corrected chi connectivity index (χ1v) is 6.70. The van der Waals surface area contributed by atoms with E-state index in [1.165, 1.54) is 12.0 Å². The summed E-state index contributed by atoms with van der Waals surface area (Å²) < 4.78 is 5.36. The Balaban J connectivity index is 2.98. The quantitative estimate of drug-likeness (QED) is 0.663. The lowest BCUT2D eigenvalue weighted by atomic mass is 10.1. The lowest BCUT2D eigenvalue weighted by molar-refractivity contribution is -0.141. The highest BCUT2D eigenvalue weighted by Gasteiger charge is 2.20. The third-order valence-corrected chi connectivity index (χ3v) is 3.07. The van der Waals surface area contributed by atoms with E-state index in [1.807, 2.05) is 6.92 Å². The van der Waals surface area contributed by atoms with E-state index in [0.29, 0.717) is 17.8 Å². The number of hydrogen-bond acceptors (Lipinski definition) is 4. The van der Waals surface area contributed by atoms with Gasteiger partial charge in [0, 0.05) is 16.7 Å². The molecule has 19 heavy (non-hydrogen) atoms. The number of amides is 1. The molecule has 0 aliphatic carbocycles. The molecule has 0 fully saturated rings. The average molecular weight is 329 g/mol. The van der Waals surface area contributed by atoms with Crippen LogP contribution in [0.2, 0.25) is 0 Å². The number of nitrogens with two attached hydrogens (primary N) is 1. The van der Waals surface area contributed by atoms with Crippen LogP contribution >= 0.6 is 15.9 Å². The molecule has 104 valence electrons. The van der Waals surface area contributed by atoms with Gasteiger partial charge in [0.05, 0.1) is 12.7 Å². The van der Waals surface area contributed by atoms with Crippen molar-refractivity contribution in [2.75, 3.05) is 25.9 Å². The monoisotopic (exact) mass is 328 g/mol. The van der Waals surface area contributed by atoms with Crippen LogP contribution in [0.3, 0.4) is 0 Å². The van der Waals surface area contributed by atoms with Crippen LogP contribution < -0.4 is 5.73 Å². The van der Waals surface area contributed by atoms with Gasteiger partial charge in [-0.05, 0) is 24.6 Å². The molecular formula is C13H17BrN2O3. The fourth-order valence-corrected chi connectivity index (χ4v) is 1.99. The maximum absolute atomic E-state index is 12.4. The molecule has 2 N–H and O–H groups in total. The number of esters is 1. The standard InChI is InChI=1S/C13H17BrN2O3/c1-3-6-16(8-12(17)19-2)13(18)10-7-9(14)4-5-11(10)15/h4-5,7H,3,6,8,15H2,1-2H3. The molecule has 0 bridgehead atoms. The average Bonchev–Trinajstić information content (AvgIpc) is 2.40. The van der Waals surface area contributed by atoms with Crippen LogP contribution in [0.25, 0.3) is 0 Å². The van der Waals surface area contributed by atoms with Crippen molar-refractivity contribution in [3.05, 3.63) is 28.2 Å². The summed E-state index contributed by atoms with van der Waals surface area (Å²) in [4.78, 5) is 25.1. The number of nitrogen functional groups attached to an aromatic ring is 1. The molecule has 0 spiro atoms. The molecule has 0 atom stereocenters. The summed E-state index contributed by atoms with van der Waals surface area (Å²) in [5.74, 6) is -0.721. The Kier molecular flexibility index (Phi) is 5.82. The summed E-state index contributed by atoms with van der Waals surface area (Å²) in [7, 11) is 1.30. The molecule has 1 aromatic carbocycles. The minimum absolute atomic E-state index is 0.0743. The molecule has 0 aliphatic rings. The summed E-state index contributed by atoms with van der Waals surface area (Å²) in [6.45, 7) is 2.33. The summed E-state index contributed by atoms with van der Waals surface area (Å²) in [6.07, 6.45) is 0.747. The number of ether oxygens (including phenoxy) is 1. The van der Waals surface area contributed by atoms with Crippen molar-refractivity contribution in [1.29, 1.82) is 0 Å². The predicted octanol–water partition coefficient (Wildman–Crippen LogP) is 2.06. The van der Waals surface area contributed by atoms with E-state index in [4.69, 9.17) is 5.73 Å². The van der Waals surface area contributed by atoms with Crippen LogP contribution in [-0.4, -0.2) is 37.0 Å². The Bertz CT molecular complexity index is 477. The maximum atomic E-state index is 12.4. The first kappa shape index (κ1) is 15.5. The highest BCUT2D eigenvalue weighted by atomic mass is 79.9. The van der Waals surface area contributed by atoms with Gasteiger partial charge < -0.3 is 15.4 Å². The predicted molar refractivity (Wildman–Crippen MR) is 76.8 cm³/mol.